The van der Waals surface area contributed by atoms with Crippen LogP contribution in [0.3, 0.4) is 0 Å². The number of nitrogens with zero attached hydrogens (tertiary/aromatic N) is 1. The van der Waals surface area contributed by atoms with Crippen LogP contribution < -0.4 is 10.6 Å². The molecule has 0 aliphatic carbocycles. The maximum atomic E-state index is 12.4. The fraction of sp³-hybridized carbons (Fsp3) is 0.286. The van der Waals surface area contributed by atoms with Crippen LogP contribution in [0.2, 0.25) is 0 Å². The van der Waals surface area contributed by atoms with E-state index in [1.165, 1.54) is 0 Å². The summed E-state index contributed by atoms with van der Waals surface area (Å²) in [4.78, 5) is 38.4. The summed E-state index contributed by atoms with van der Waals surface area (Å²) in [6, 6.07) is 18.3. The Morgan fingerprint density at radius 3 is 2.11 bits per heavy atom. The normalized spacial score (nSPS) is 14.4. The summed E-state index contributed by atoms with van der Waals surface area (Å²) in [5.41, 5.74) is 1.36. The van der Waals surface area contributed by atoms with Crippen LogP contribution in [-0.2, 0) is 9.59 Å². The zero-order chi connectivity index (χ0) is 19.1. The zero-order valence-corrected chi connectivity index (χ0v) is 15.1. The molecule has 0 spiro atoms. The van der Waals surface area contributed by atoms with E-state index in [1.54, 1.807) is 29.2 Å². The second kappa shape index (κ2) is 8.98. The molecule has 2 aromatic rings. The SMILES string of the molecule is O=C(CNC(=O)C1CCN(C(=O)c2ccccc2)CC1)Nc1ccccc1. The van der Waals surface area contributed by atoms with Gasteiger partial charge in [0.2, 0.25) is 11.8 Å². The molecule has 0 radical (unpaired) electrons. The van der Waals surface area contributed by atoms with E-state index in [-0.39, 0.29) is 30.2 Å². The molecule has 1 heterocycles. The fourth-order valence-electron chi connectivity index (χ4n) is 3.15. The predicted octanol–water partition coefficient (Wildman–Crippen LogP) is 2.29. The molecule has 140 valence electrons. The number of amides is 3. The van der Waals surface area contributed by atoms with Gasteiger partial charge < -0.3 is 15.5 Å². The lowest BCUT2D eigenvalue weighted by Crippen LogP contribution is -2.44. The number of hydrogen-bond acceptors (Lipinski definition) is 3. The lowest BCUT2D eigenvalue weighted by atomic mass is 9.95. The lowest BCUT2D eigenvalue weighted by molar-refractivity contribution is -0.128. The number of piperidine rings is 1. The Kier molecular flexibility index (Phi) is 6.20. The number of nitrogens with one attached hydrogen (secondary N) is 2. The molecule has 0 aromatic heterocycles. The van der Waals surface area contributed by atoms with Gasteiger partial charge >= 0.3 is 0 Å². The van der Waals surface area contributed by atoms with Crippen molar-refractivity contribution in [1.82, 2.24) is 10.2 Å². The molecule has 1 fully saturated rings. The Morgan fingerprint density at radius 1 is 0.889 bits per heavy atom. The van der Waals surface area contributed by atoms with Gasteiger partial charge in [0.25, 0.3) is 5.91 Å². The molecule has 1 aliphatic rings. The highest BCUT2D eigenvalue weighted by Gasteiger charge is 2.27. The molecule has 1 saturated heterocycles. The summed E-state index contributed by atoms with van der Waals surface area (Å²) in [5.74, 6) is -0.567. The van der Waals surface area contributed by atoms with Crippen LogP contribution in [-0.4, -0.2) is 42.3 Å². The molecule has 2 aromatic carbocycles. The van der Waals surface area contributed by atoms with E-state index in [4.69, 9.17) is 0 Å². The van der Waals surface area contributed by atoms with Crippen molar-refractivity contribution in [2.45, 2.75) is 12.8 Å². The highest BCUT2D eigenvalue weighted by molar-refractivity contribution is 5.95. The van der Waals surface area contributed by atoms with E-state index < -0.39 is 0 Å². The Morgan fingerprint density at radius 2 is 1.48 bits per heavy atom. The summed E-state index contributed by atoms with van der Waals surface area (Å²) in [7, 11) is 0. The third kappa shape index (κ3) is 5.17. The number of para-hydroxylation sites is 1. The summed E-state index contributed by atoms with van der Waals surface area (Å²) >= 11 is 0. The van der Waals surface area contributed by atoms with Crippen LogP contribution in [0.15, 0.2) is 60.7 Å². The van der Waals surface area contributed by atoms with Gasteiger partial charge in [0, 0.05) is 30.3 Å². The van der Waals surface area contributed by atoms with Gasteiger partial charge in [-0.2, -0.15) is 0 Å². The van der Waals surface area contributed by atoms with E-state index in [0.717, 1.165) is 0 Å². The van der Waals surface area contributed by atoms with E-state index >= 15 is 0 Å². The number of rotatable bonds is 5. The standard InChI is InChI=1S/C21H23N3O3/c25-19(23-18-9-5-2-6-10-18)15-22-20(26)16-11-13-24(14-12-16)21(27)17-7-3-1-4-8-17/h1-10,16H,11-15H2,(H,22,26)(H,23,25). The van der Waals surface area contributed by atoms with Crippen molar-refractivity contribution in [2.24, 2.45) is 5.92 Å². The number of carbonyl (C=O) groups is 3. The topological polar surface area (TPSA) is 78.5 Å². The summed E-state index contributed by atoms with van der Waals surface area (Å²) in [5, 5.41) is 5.43. The quantitative estimate of drug-likeness (QED) is 0.853. The molecule has 3 rings (SSSR count). The molecule has 0 unspecified atom stereocenters. The van der Waals surface area contributed by atoms with Crippen LogP contribution in [0.5, 0.6) is 0 Å². The van der Waals surface area contributed by atoms with Crippen LogP contribution in [0.25, 0.3) is 0 Å². The molecular weight excluding hydrogens is 342 g/mol. The Balaban J connectivity index is 1.42. The van der Waals surface area contributed by atoms with E-state index in [2.05, 4.69) is 10.6 Å². The largest absolute Gasteiger partial charge is 0.347 e. The number of hydrogen-bond donors (Lipinski definition) is 2. The molecule has 6 heteroatoms. The van der Waals surface area contributed by atoms with E-state index in [1.807, 2.05) is 36.4 Å². The molecule has 0 saturated carbocycles. The number of carbonyl (C=O) groups excluding carboxylic acids is 3. The molecule has 27 heavy (non-hydrogen) atoms. The van der Waals surface area contributed by atoms with Gasteiger partial charge in [-0.25, -0.2) is 0 Å². The minimum atomic E-state index is -0.258. The average Bonchev–Trinajstić information content (AvgIpc) is 2.73. The van der Waals surface area contributed by atoms with Crippen molar-refractivity contribution in [1.29, 1.82) is 0 Å². The first-order valence-electron chi connectivity index (χ1n) is 9.10. The van der Waals surface area contributed by atoms with Gasteiger partial charge in [-0.15, -0.1) is 0 Å². The van der Waals surface area contributed by atoms with Crippen molar-refractivity contribution in [3.63, 3.8) is 0 Å². The van der Waals surface area contributed by atoms with Crippen LogP contribution in [0, 0.1) is 5.92 Å². The summed E-state index contributed by atoms with van der Waals surface area (Å²) in [6.07, 6.45) is 1.20. The van der Waals surface area contributed by atoms with Crippen molar-refractivity contribution >= 4 is 23.4 Å². The van der Waals surface area contributed by atoms with Crippen LogP contribution in [0.4, 0.5) is 5.69 Å². The molecule has 2 N–H and O–H groups in total. The lowest BCUT2D eigenvalue weighted by Gasteiger charge is -2.31. The first kappa shape index (κ1) is 18.6. The van der Waals surface area contributed by atoms with Crippen LogP contribution >= 0.6 is 0 Å². The van der Waals surface area contributed by atoms with Gasteiger partial charge in [-0.05, 0) is 37.1 Å². The highest BCUT2D eigenvalue weighted by Crippen LogP contribution is 2.19. The van der Waals surface area contributed by atoms with Crippen molar-refractivity contribution < 1.29 is 14.4 Å². The predicted molar refractivity (Wildman–Crippen MR) is 103 cm³/mol. The van der Waals surface area contributed by atoms with Gasteiger partial charge in [0.05, 0.1) is 6.54 Å². The smallest absolute Gasteiger partial charge is 0.253 e. The van der Waals surface area contributed by atoms with Gasteiger partial charge in [-0.3, -0.25) is 14.4 Å². The second-order valence-electron chi connectivity index (χ2n) is 6.56. The third-order valence-electron chi connectivity index (χ3n) is 4.65. The minimum absolute atomic E-state index is 0.00306. The molecular formula is C21H23N3O3. The first-order chi connectivity index (χ1) is 13.1. The van der Waals surface area contributed by atoms with Gasteiger partial charge in [-0.1, -0.05) is 36.4 Å². The fourth-order valence-corrected chi connectivity index (χ4v) is 3.15. The average molecular weight is 365 g/mol. The number of likely N-dealkylation sites (tertiary alicyclic amines) is 1. The Hall–Kier alpha value is -3.15. The number of benzene rings is 2. The molecule has 6 nitrogen and oxygen atoms in total. The third-order valence-corrected chi connectivity index (χ3v) is 4.65. The van der Waals surface area contributed by atoms with Crippen molar-refractivity contribution in [2.75, 3.05) is 25.0 Å². The molecule has 3 amide bonds. The first-order valence-corrected chi connectivity index (χ1v) is 9.10. The maximum absolute atomic E-state index is 12.4. The van der Waals surface area contributed by atoms with E-state index in [9.17, 15) is 14.4 Å². The van der Waals surface area contributed by atoms with Gasteiger partial charge in [0.1, 0.15) is 0 Å². The summed E-state index contributed by atoms with van der Waals surface area (Å²) < 4.78 is 0. The number of anilines is 1. The Bertz CT molecular complexity index is 785. The summed E-state index contributed by atoms with van der Waals surface area (Å²) in [6.45, 7) is 1.03. The molecule has 0 bridgehead atoms. The maximum Gasteiger partial charge on any atom is 0.253 e. The monoisotopic (exact) mass is 365 g/mol. The second-order valence-corrected chi connectivity index (χ2v) is 6.56. The zero-order valence-electron chi connectivity index (χ0n) is 15.1. The minimum Gasteiger partial charge on any atom is -0.347 e. The van der Waals surface area contributed by atoms with Crippen LogP contribution in [0.1, 0.15) is 23.2 Å². The highest BCUT2D eigenvalue weighted by atomic mass is 16.2. The van der Waals surface area contributed by atoms with E-state index in [0.29, 0.717) is 37.2 Å². The molecule has 0 atom stereocenters. The molecule has 1 aliphatic heterocycles. The van der Waals surface area contributed by atoms with Crippen molar-refractivity contribution in [3.8, 4) is 0 Å². The Labute approximate surface area is 158 Å². The van der Waals surface area contributed by atoms with Gasteiger partial charge in [0.15, 0.2) is 0 Å². The van der Waals surface area contributed by atoms with Crippen molar-refractivity contribution in [3.05, 3.63) is 66.2 Å².